The van der Waals surface area contributed by atoms with Gasteiger partial charge in [-0.2, -0.15) is 0 Å². The Bertz CT molecular complexity index is 232. The molecule has 0 spiro atoms. The molecule has 0 aliphatic heterocycles. The highest BCUT2D eigenvalue weighted by molar-refractivity contribution is 5.33. The van der Waals surface area contributed by atoms with Crippen molar-refractivity contribution in [3.8, 4) is 0 Å². The molecule has 1 heterocycles. The number of aryl methyl sites for hydroxylation is 1. The topological polar surface area (TPSA) is 29.9 Å². The van der Waals surface area contributed by atoms with Gasteiger partial charge in [0.05, 0.1) is 6.33 Å². The van der Waals surface area contributed by atoms with Gasteiger partial charge in [0.25, 0.3) is 0 Å². The number of hydrogen-bond acceptors (Lipinski definition) is 2. The first kappa shape index (κ1) is 8.11. The lowest BCUT2D eigenvalue weighted by atomic mass is 10.1. The summed E-state index contributed by atoms with van der Waals surface area (Å²) in [7, 11) is 1.96. The van der Waals surface area contributed by atoms with Crippen LogP contribution in [0.5, 0.6) is 0 Å². The van der Waals surface area contributed by atoms with E-state index >= 15 is 0 Å². The summed E-state index contributed by atoms with van der Waals surface area (Å²) in [6, 6.07) is 0. The van der Waals surface area contributed by atoms with Gasteiger partial charge in [-0.05, 0) is 20.8 Å². The molecule has 0 saturated carbocycles. The molecule has 3 heteroatoms. The summed E-state index contributed by atoms with van der Waals surface area (Å²) >= 11 is 0. The van der Waals surface area contributed by atoms with Crippen molar-refractivity contribution in [3.05, 3.63) is 12.5 Å². The Morgan fingerprint density at radius 3 is 2.45 bits per heavy atom. The van der Waals surface area contributed by atoms with Gasteiger partial charge in [0.15, 0.2) is 0 Å². The molecule has 0 aromatic carbocycles. The number of nitrogens with one attached hydrogen (secondary N) is 1. The van der Waals surface area contributed by atoms with Crippen molar-refractivity contribution < 1.29 is 0 Å². The Hall–Kier alpha value is -0.990. The molecule has 0 fully saturated rings. The van der Waals surface area contributed by atoms with Crippen molar-refractivity contribution >= 4 is 5.82 Å². The molecule has 0 amide bonds. The smallest absolute Gasteiger partial charge is 0.144 e. The molecule has 0 aliphatic carbocycles. The van der Waals surface area contributed by atoms with Gasteiger partial charge in [-0.25, -0.2) is 4.98 Å². The number of anilines is 1. The van der Waals surface area contributed by atoms with Crippen LogP contribution in [0.2, 0.25) is 0 Å². The minimum absolute atomic E-state index is 0.0916. The molecule has 3 nitrogen and oxygen atoms in total. The maximum absolute atomic E-state index is 4.15. The van der Waals surface area contributed by atoms with Crippen molar-refractivity contribution in [1.82, 2.24) is 9.55 Å². The van der Waals surface area contributed by atoms with E-state index < -0.39 is 0 Å². The number of aromatic nitrogens is 2. The highest BCUT2D eigenvalue weighted by atomic mass is 15.1. The largest absolute Gasteiger partial charge is 0.364 e. The molecule has 62 valence electrons. The van der Waals surface area contributed by atoms with Gasteiger partial charge in [-0.3, -0.25) is 0 Å². The molecule has 0 aliphatic rings. The normalized spacial score (nSPS) is 11.6. The number of hydrogen-bond donors (Lipinski definition) is 1. The van der Waals surface area contributed by atoms with E-state index in [0.717, 1.165) is 5.82 Å². The van der Waals surface area contributed by atoms with Crippen LogP contribution >= 0.6 is 0 Å². The molecule has 1 aromatic rings. The molecular weight excluding hydrogens is 138 g/mol. The highest BCUT2D eigenvalue weighted by Gasteiger charge is 2.09. The molecule has 0 bridgehead atoms. The average molecular weight is 153 g/mol. The monoisotopic (exact) mass is 153 g/mol. The van der Waals surface area contributed by atoms with Crippen LogP contribution in [-0.2, 0) is 7.05 Å². The summed E-state index contributed by atoms with van der Waals surface area (Å²) in [5.41, 5.74) is 0.0916. The summed E-state index contributed by atoms with van der Waals surface area (Å²) in [6.45, 7) is 6.34. The van der Waals surface area contributed by atoms with E-state index in [1.165, 1.54) is 0 Å². The first-order chi connectivity index (χ1) is 4.97. The first-order valence-corrected chi connectivity index (χ1v) is 3.73. The van der Waals surface area contributed by atoms with Crippen LogP contribution in [0.4, 0.5) is 5.82 Å². The van der Waals surface area contributed by atoms with E-state index in [2.05, 4.69) is 31.1 Å². The predicted octanol–water partition coefficient (Wildman–Crippen LogP) is 1.63. The van der Waals surface area contributed by atoms with Crippen LogP contribution in [0.25, 0.3) is 0 Å². The van der Waals surface area contributed by atoms with Crippen LogP contribution in [-0.4, -0.2) is 15.1 Å². The molecule has 1 N–H and O–H groups in total. The zero-order valence-corrected chi connectivity index (χ0v) is 7.55. The minimum atomic E-state index is 0.0916. The van der Waals surface area contributed by atoms with Crippen LogP contribution < -0.4 is 5.32 Å². The maximum atomic E-state index is 4.15. The second-order valence-corrected chi connectivity index (χ2v) is 3.80. The summed E-state index contributed by atoms with van der Waals surface area (Å²) in [4.78, 5) is 4.15. The van der Waals surface area contributed by atoms with Crippen molar-refractivity contribution in [2.45, 2.75) is 26.3 Å². The Labute approximate surface area is 67.4 Å². The fourth-order valence-electron chi connectivity index (χ4n) is 0.862. The van der Waals surface area contributed by atoms with E-state index in [1.807, 2.05) is 17.8 Å². The fraction of sp³-hybridized carbons (Fsp3) is 0.625. The summed E-state index contributed by atoms with van der Waals surface area (Å²) in [6.07, 6.45) is 3.75. The molecular formula is C8H15N3. The van der Waals surface area contributed by atoms with Gasteiger partial charge in [-0.1, -0.05) is 0 Å². The Balaban J connectivity index is 2.65. The number of imidazole rings is 1. The molecule has 11 heavy (non-hydrogen) atoms. The van der Waals surface area contributed by atoms with Crippen LogP contribution in [0.3, 0.4) is 0 Å². The Morgan fingerprint density at radius 1 is 1.45 bits per heavy atom. The summed E-state index contributed by atoms with van der Waals surface area (Å²) < 4.78 is 1.92. The number of nitrogens with zero attached hydrogens (tertiary/aromatic N) is 2. The quantitative estimate of drug-likeness (QED) is 0.664. The third-order valence-corrected chi connectivity index (χ3v) is 1.21. The molecule has 1 rings (SSSR count). The van der Waals surface area contributed by atoms with Crippen molar-refractivity contribution in [1.29, 1.82) is 0 Å². The molecule has 0 unspecified atom stereocenters. The predicted molar refractivity (Wildman–Crippen MR) is 46.6 cm³/mol. The number of rotatable bonds is 1. The van der Waals surface area contributed by atoms with Crippen molar-refractivity contribution in [3.63, 3.8) is 0 Å². The fourth-order valence-corrected chi connectivity index (χ4v) is 0.862. The zero-order valence-electron chi connectivity index (χ0n) is 7.55. The Kier molecular flexibility index (Phi) is 1.89. The third kappa shape index (κ3) is 2.62. The standard InChI is InChI=1S/C8H15N3/c1-8(2,3)10-7-5-11(4)6-9-7/h5-6,10H,1-4H3. The molecule has 0 atom stereocenters. The van der Waals surface area contributed by atoms with Crippen LogP contribution in [0.15, 0.2) is 12.5 Å². The maximum Gasteiger partial charge on any atom is 0.144 e. The Morgan fingerprint density at radius 2 is 2.09 bits per heavy atom. The van der Waals surface area contributed by atoms with E-state index in [1.54, 1.807) is 6.33 Å². The molecule has 1 aromatic heterocycles. The van der Waals surface area contributed by atoms with Gasteiger partial charge in [0, 0.05) is 18.8 Å². The lowest BCUT2D eigenvalue weighted by Crippen LogP contribution is -2.26. The minimum Gasteiger partial charge on any atom is -0.364 e. The van der Waals surface area contributed by atoms with Crippen molar-refractivity contribution in [2.75, 3.05) is 5.32 Å². The summed E-state index contributed by atoms with van der Waals surface area (Å²) in [5.74, 6) is 0.931. The van der Waals surface area contributed by atoms with Crippen LogP contribution in [0.1, 0.15) is 20.8 Å². The zero-order chi connectivity index (χ0) is 8.48. The molecule has 0 radical (unpaired) electrons. The van der Waals surface area contributed by atoms with Gasteiger partial charge in [-0.15, -0.1) is 0 Å². The second kappa shape index (κ2) is 2.57. The van der Waals surface area contributed by atoms with E-state index in [-0.39, 0.29) is 5.54 Å². The van der Waals surface area contributed by atoms with Crippen LogP contribution in [0, 0.1) is 0 Å². The second-order valence-electron chi connectivity index (χ2n) is 3.80. The first-order valence-electron chi connectivity index (χ1n) is 3.73. The third-order valence-electron chi connectivity index (χ3n) is 1.21. The summed E-state index contributed by atoms with van der Waals surface area (Å²) in [5, 5.41) is 3.27. The van der Waals surface area contributed by atoms with Crippen molar-refractivity contribution in [2.24, 2.45) is 7.05 Å². The van der Waals surface area contributed by atoms with Gasteiger partial charge in [0.2, 0.25) is 0 Å². The highest BCUT2D eigenvalue weighted by Crippen LogP contribution is 2.10. The van der Waals surface area contributed by atoms with E-state index in [0.29, 0.717) is 0 Å². The van der Waals surface area contributed by atoms with E-state index in [9.17, 15) is 0 Å². The van der Waals surface area contributed by atoms with E-state index in [4.69, 9.17) is 0 Å². The van der Waals surface area contributed by atoms with Gasteiger partial charge >= 0.3 is 0 Å². The lowest BCUT2D eigenvalue weighted by molar-refractivity contribution is 0.631. The van der Waals surface area contributed by atoms with Gasteiger partial charge < -0.3 is 9.88 Å². The SMILES string of the molecule is Cn1cnc(NC(C)(C)C)c1. The van der Waals surface area contributed by atoms with Gasteiger partial charge in [0.1, 0.15) is 5.82 Å². The molecule has 0 saturated heterocycles. The lowest BCUT2D eigenvalue weighted by Gasteiger charge is -2.19. The average Bonchev–Trinajstić information content (AvgIpc) is 2.10.